The molecule has 6 heteroatoms. The SMILES string of the molecule is O=c1[nH]c(C2CCOc3ccccc32)nc(O)c1Br. The quantitative estimate of drug-likeness (QED) is 0.843. The number of nitrogens with one attached hydrogen (secondary N) is 1. The van der Waals surface area contributed by atoms with Crippen molar-refractivity contribution in [2.75, 3.05) is 6.61 Å². The predicted molar refractivity (Wildman–Crippen MR) is 72.6 cm³/mol. The third-order valence-electron chi connectivity index (χ3n) is 3.15. The standard InChI is InChI=1S/C13H11BrN2O3/c14-10-12(17)15-11(16-13(10)18)8-5-6-19-9-4-2-1-3-7(8)9/h1-4,8H,5-6H2,(H2,15,16,17,18). The Bertz CT molecular complexity index is 684. The molecule has 1 aliphatic heterocycles. The van der Waals surface area contributed by atoms with E-state index >= 15 is 0 Å². The molecule has 3 rings (SSSR count). The van der Waals surface area contributed by atoms with E-state index in [1.807, 2.05) is 24.3 Å². The molecule has 0 spiro atoms. The second-order valence-corrected chi connectivity index (χ2v) is 5.11. The number of hydrogen-bond acceptors (Lipinski definition) is 4. The maximum absolute atomic E-state index is 11.7. The van der Waals surface area contributed by atoms with E-state index in [1.54, 1.807) is 0 Å². The topological polar surface area (TPSA) is 75.2 Å². The summed E-state index contributed by atoms with van der Waals surface area (Å²) >= 11 is 2.99. The van der Waals surface area contributed by atoms with Crippen molar-refractivity contribution in [1.82, 2.24) is 9.97 Å². The summed E-state index contributed by atoms with van der Waals surface area (Å²) in [5.41, 5.74) is 0.588. The van der Waals surface area contributed by atoms with Gasteiger partial charge in [0.25, 0.3) is 5.56 Å². The largest absolute Gasteiger partial charge is 0.493 e. The van der Waals surface area contributed by atoms with Gasteiger partial charge in [0, 0.05) is 11.5 Å². The molecule has 98 valence electrons. The number of fused-ring (bicyclic) bond motifs is 1. The number of H-pyrrole nitrogens is 1. The fraction of sp³-hybridized carbons (Fsp3) is 0.231. The summed E-state index contributed by atoms with van der Waals surface area (Å²) in [5, 5.41) is 9.65. The average molecular weight is 323 g/mol. The van der Waals surface area contributed by atoms with E-state index in [4.69, 9.17) is 4.74 Å². The Morgan fingerprint density at radius 3 is 3.00 bits per heavy atom. The summed E-state index contributed by atoms with van der Waals surface area (Å²) in [5.74, 6) is 0.893. The van der Waals surface area contributed by atoms with Crippen LogP contribution in [0.15, 0.2) is 33.5 Å². The molecule has 1 aromatic heterocycles. The lowest BCUT2D eigenvalue weighted by atomic mass is 9.92. The van der Waals surface area contributed by atoms with E-state index in [0.717, 1.165) is 11.3 Å². The van der Waals surface area contributed by atoms with Crippen LogP contribution in [-0.4, -0.2) is 21.7 Å². The maximum Gasteiger partial charge on any atom is 0.269 e. The Kier molecular flexibility index (Phi) is 3.02. The molecule has 0 aliphatic carbocycles. The molecule has 2 N–H and O–H groups in total. The highest BCUT2D eigenvalue weighted by Crippen LogP contribution is 2.36. The maximum atomic E-state index is 11.7. The monoisotopic (exact) mass is 322 g/mol. The molecule has 1 aromatic carbocycles. The van der Waals surface area contributed by atoms with Crippen molar-refractivity contribution in [3.63, 3.8) is 0 Å². The fourth-order valence-electron chi connectivity index (χ4n) is 2.25. The molecule has 1 aliphatic rings. The van der Waals surface area contributed by atoms with Crippen LogP contribution in [0.2, 0.25) is 0 Å². The van der Waals surface area contributed by atoms with Crippen molar-refractivity contribution in [2.24, 2.45) is 0 Å². The molecule has 0 saturated carbocycles. The number of aromatic amines is 1. The second-order valence-electron chi connectivity index (χ2n) is 4.32. The van der Waals surface area contributed by atoms with Crippen LogP contribution in [0.3, 0.4) is 0 Å². The Labute approximate surface area is 117 Å². The van der Waals surface area contributed by atoms with Gasteiger partial charge in [-0.05, 0) is 28.4 Å². The first-order valence-corrected chi connectivity index (χ1v) is 6.66. The van der Waals surface area contributed by atoms with Gasteiger partial charge in [0.1, 0.15) is 16.0 Å². The molecular formula is C13H11BrN2O3. The van der Waals surface area contributed by atoms with Gasteiger partial charge in [-0.25, -0.2) is 0 Å². The van der Waals surface area contributed by atoms with Crippen LogP contribution < -0.4 is 10.3 Å². The zero-order chi connectivity index (χ0) is 13.4. The van der Waals surface area contributed by atoms with Gasteiger partial charge in [-0.2, -0.15) is 4.98 Å². The number of halogens is 1. The Hall–Kier alpha value is -1.82. The third kappa shape index (κ3) is 2.12. The van der Waals surface area contributed by atoms with Crippen LogP contribution >= 0.6 is 15.9 Å². The molecular weight excluding hydrogens is 312 g/mol. The first-order chi connectivity index (χ1) is 9.16. The molecule has 5 nitrogen and oxygen atoms in total. The smallest absolute Gasteiger partial charge is 0.269 e. The molecule has 1 unspecified atom stereocenters. The van der Waals surface area contributed by atoms with Gasteiger partial charge in [0.15, 0.2) is 0 Å². The molecule has 1 atom stereocenters. The van der Waals surface area contributed by atoms with Crippen LogP contribution in [0.4, 0.5) is 0 Å². The molecule has 2 aromatic rings. The summed E-state index contributed by atoms with van der Waals surface area (Å²) in [4.78, 5) is 18.4. The molecule has 0 fully saturated rings. The summed E-state index contributed by atoms with van der Waals surface area (Å²) in [6.07, 6.45) is 0.709. The number of aromatic hydroxyl groups is 1. The highest BCUT2D eigenvalue weighted by Gasteiger charge is 2.25. The highest BCUT2D eigenvalue weighted by atomic mass is 79.9. The van der Waals surface area contributed by atoms with Crippen molar-refractivity contribution in [2.45, 2.75) is 12.3 Å². The van der Waals surface area contributed by atoms with Crippen LogP contribution in [0.5, 0.6) is 11.6 Å². The Balaban J connectivity index is 2.12. The molecule has 0 amide bonds. The van der Waals surface area contributed by atoms with E-state index in [2.05, 4.69) is 25.9 Å². The van der Waals surface area contributed by atoms with E-state index in [1.165, 1.54) is 0 Å². The van der Waals surface area contributed by atoms with Crippen molar-refractivity contribution in [3.05, 3.63) is 50.5 Å². The fourth-order valence-corrected chi connectivity index (χ4v) is 2.44. The van der Waals surface area contributed by atoms with Crippen LogP contribution in [-0.2, 0) is 0 Å². The number of ether oxygens (including phenoxy) is 1. The summed E-state index contributed by atoms with van der Waals surface area (Å²) < 4.78 is 5.62. The number of hydrogen-bond donors (Lipinski definition) is 2. The van der Waals surface area contributed by atoms with E-state index in [9.17, 15) is 9.90 Å². The zero-order valence-corrected chi connectivity index (χ0v) is 11.5. The number of benzene rings is 1. The van der Waals surface area contributed by atoms with Crippen LogP contribution in [0.25, 0.3) is 0 Å². The normalized spacial score (nSPS) is 17.6. The van der Waals surface area contributed by atoms with Crippen LogP contribution in [0.1, 0.15) is 23.7 Å². The Morgan fingerprint density at radius 1 is 1.42 bits per heavy atom. The highest BCUT2D eigenvalue weighted by molar-refractivity contribution is 9.10. The first-order valence-electron chi connectivity index (χ1n) is 5.87. The summed E-state index contributed by atoms with van der Waals surface area (Å²) in [6.45, 7) is 0.558. The minimum atomic E-state index is -0.383. The van der Waals surface area contributed by atoms with Crippen molar-refractivity contribution < 1.29 is 9.84 Å². The van der Waals surface area contributed by atoms with Gasteiger partial charge in [0.05, 0.1) is 6.61 Å². The molecule has 0 bridgehead atoms. The van der Waals surface area contributed by atoms with Crippen molar-refractivity contribution >= 4 is 15.9 Å². The average Bonchev–Trinajstić information content (AvgIpc) is 2.43. The predicted octanol–water partition coefficient (Wildman–Crippen LogP) is 2.15. The number of rotatable bonds is 1. The van der Waals surface area contributed by atoms with E-state index in [-0.39, 0.29) is 21.8 Å². The van der Waals surface area contributed by atoms with Gasteiger partial charge in [-0.3, -0.25) is 4.79 Å². The lowest BCUT2D eigenvalue weighted by Gasteiger charge is -2.25. The minimum absolute atomic E-state index is 0.0524. The number of nitrogens with zero attached hydrogens (tertiary/aromatic N) is 1. The van der Waals surface area contributed by atoms with Gasteiger partial charge >= 0.3 is 0 Å². The minimum Gasteiger partial charge on any atom is -0.493 e. The van der Waals surface area contributed by atoms with Gasteiger partial charge in [-0.1, -0.05) is 18.2 Å². The second kappa shape index (κ2) is 4.70. The lowest BCUT2D eigenvalue weighted by molar-refractivity contribution is 0.273. The van der Waals surface area contributed by atoms with Gasteiger partial charge in [-0.15, -0.1) is 0 Å². The van der Waals surface area contributed by atoms with Crippen molar-refractivity contribution in [1.29, 1.82) is 0 Å². The van der Waals surface area contributed by atoms with Crippen molar-refractivity contribution in [3.8, 4) is 11.6 Å². The lowest BCUT2D eigenvalue weighted by Crippen LogP contribution is -2.21. The number of para-hydroxylation sites is 1. The van der Waals surface area contributed by atoms with Gasteiger partial charge < -0.3 is 14.8 Å². The third-order valence-corrected chi connectivity index (χ3v) is 3.87. The number of aromatic nitrogens is 2. The van der Waals surface area contributed by atoms with E-state index < -0.39 is 0 Å². The summed E-state index contributed by atoms with van der Waals surface area (Å²) in [7, 11) is 0. The zero-order valence-electron chi connectivity index (χ0n) is 9.89. The summed E-state index contributed by atoms with van der Waals surface area (Å²) in [6, 6.07) is 7.64. The van der Waals surface area contributed by atoms with Crippen LogP contribution in [0, 0.1) is 0 Å². The molecule has 19 heavy (non-hydrogen) atoms. The molecule has 0 radical (unpaired) electrons. The Morgan fingerprint density at radius 2 is 2.21 bits per heavy atom. The van der Waals surface area contributed by atoms with Gasteiger partial charge in [0.2, 0.25) is 5.88 Å². The molecule has 0 saturated heterocycles. The van der Waals surface area contributed by atoms with E-state index in [0.29, 0.717) is 18.9 Å². The first kappa shape index (κ1) is 12.2. The molecule has 2 heterocycles.